The number of hydrogen-bond donors (Lipinski definition) is 1. The van der Waals surface area contributed by atoms with Crippen molar-refractivity contribution in [3.8, 4) is 5.75 Å². The maximum absolute atomic E-state index is 13.7. The third kappa shape index (κ3) is 6.51. The number of rotatable bonds is 8. The first kappa shape index (κ1) is 19.4. The Hall–Kier alpha value is -2.96. The summed E-state index contributed by atoms with van der Waals surface area (Å²) in [6.45, 7) is -2.62. The number of carbonyl (C=O) groups excluding carboxylic acids is 1. The molecule has 1 amide bonds. The number of carbonyl (C=O) groups is 1. The van der Waals surface area contributed by atoms with Crippen molar-refractivity contribution < 1.29 is 27.4 Å². The lowest BCUT2D eigenvalue weighted by molar-refractivity contribution is -0.0501. The van der Waals surface area contributed by atoms with E-state index in [9.17, 15) is 18.0 Å². The summed E-state index contributed by atoms with van der Waals surface area (Å²) in [4.78, 5) is 11.6. The molecule has 1 N–H and O–H groups in total. The number of alkyl carbamates (subject to hydrolysis) is 1. The van der Waals surface area contributed by atoms with Crippen molar-refractivity contribution in [3.63, 3.8) is 0 Å². The summed E-state index contributed by atoms with van der Waals surface area (Å²) in [5.74, 6) is -0.916. The van der Waals surface area contributed by atoms with E-state index >= 15 is 0 Å². The average Bonchev–Trinajstić information content (AvgIpc) is 2.62. The van der Waals surface area contributed by atoms with E-state index in [0.717, 1.165) is 11.6 Å². The normalized spacial score (nSPS) is 10.9. The summed E-state index contributed by atoms with van der Waals surface area (Å²) in [6.07, 6.45) is 2.68. The molecular formula is C19H18F3NO3. The van der Waals surface area contributed by atoms with Gasteiger partial charge in [-0.1, -0.05) is 48.6 Å². The third-order valence-corrected chi connectivity index (χ3v) is 3.31. The molecule has 7 heteroatoms. The van der Waals surface area contributed by atoms with Crippen LogP contribution in [0.25, 0.3) is 6.08 Å². The monoisotopic (exact) mass is 365 g/mol. The van der Waals surface area contributed by atoms with Crippen LogP contribution in [0.3, 0.4) is 0 Å². The Bertz CT molecular complexity index is 736. The smallest absolute Gasteiger partial charge is 0.407 e. The molecule has 0 aliphatic heterocycles. The Morgan fingerprint density at radius 1 is 1.12 bits per heavy atom. The lowest BCUT2D eigenvalue weighted by Crippen LogP contribution is -2.24. The summed E-state index contributed by atoms with van der Waals surface area (Å²) >= 11 is 0. The fourth-order valence-electron chi connectivity index (χ4n) is 2.11. The minimum atomic E-state index is -3.04. The highest BCUT2D eigenvalue weighted by Crippen LogP contribution is 2.24. The Labute approximate surface area is 149 Å². The van der Waals surface area contributed by atoms with Gasteiger partial charge in [0.25, 0.3) is 0 Å². The van der Waals surface area contributed by atoms with E-state index in [2.05, 4.69) is 10.1 Å². The molecule has 0 radical (unpaired) electrons. The molecule has 4 nitrogen and oxygen atoms in total. The molecule has 0 atom stereocenters. The zero-order chi connectivity index (χ0) is 18.8. The Kier molecular flexibility index (Phi) is 7.54. The molecule has 0 aromatic heterocycles. The number of amides is 1. The molecule has 0 fully saturated rings. The van der Waals surface area contributed by atoms with Crippen LogP contribution < -0.4 is 10.1 Å². The molecule has 0 saturated heterocycles. The molecule has 0 aliphatic carbocycles. The molecule has 2 aromatic rings. The number of benzene rings is 2. The van der Waals surface area contributed by atoms with Crippen LogP contribution in [-0.2, 0) is 11.3 Å². The van der Waals surface area contributed by atoms with E-state index in [1.165, 1.54) is 18.2 Å². The van der Waals surface area contributed by atoms with Gasteiger partial charge in [-0.15, -0.1) is 0 Å². The molecule has 26 heavy (non-hydrogen) atoms. The number of halogens is 3. The highest BCUT2D eigenvalue weighted by molar-refractivity contribution is 5.67. The van der Waals surface area contributed by atoms with Crippen LogP contribution in [0, 0.1) is 5.82 Å². The molecule has 0 aliphatic rings. The zero-order valence-corrected chi connectivity index (χ0v) is 13.8. The maximum Gasteiger partial charge on any atom is 0.407 e. The van der Waals surface area contributed by atoms with Crippen LogP contribution in [-0.4, -0.2) is 19.2 Å². The van der Waals surface area contributed by atoms with Crippen LogP contribution in [0.15, 0.2) is 54.6 Å². The van der Waals surface area contributed by atoms with Gasteiger partial charge in [-0.2, -0.15) is 8.78 Å². The topological polar surface area (TPSA) is 47.6 Å². The lowest BCUT2D eigenvalue weighted by atomic mass is 10.1. The van der Waals surface area contributed by atoms with Crippen LogP contribution >= 0.6 is 0 Å². The van der Waals surface area contributed by atoms with Crippen molar-refractivity contribution in [2.24, 2.45) is 0 Å². The second kappa shape index (κ2) is 10.1. The summed E-state index contributed by atoms with van der Waals surface area (Å²) in [6, 6.07) is 12.9. The second-order valence-corrected chi connectivity index (χ2v) is 5.21. The van der Waals surface area contributed by atoms with E-state index < -0.39 is 18.5 Å². The van der Waals surface area contributed by atoms with Crippen molar-refractivity contribution in [3.05, 3.63) is 71.6 Å². The van der Waals surface area contributed by atoms with Crippen molar-refractivity contribution in [1.82, 2.24) is 5.32 Å². The first-order valence-electron chi connectivity index (χ1n) is 7.90. The van der Waals surface area contributed by atoms with Gasteiger partial charge in [0.05, 0.1) is 5.56 Å². The van der Waals surface area contributed by atoms with Crippen LogP contribution in [0.2, 0.25) is 0 Å². The fourth-order valence-corrected chi connectivity index (χ4v) is 2.11. The minimum absolute atomic E-state index is 0.0699. The standard InChI is InChI=1S/C19H18F3NO3/c20-16-10-6-11-17(26-18(21)22)15(16)9-4-5-12-23-19(24)25-13-14-7-2-1-3-8-14/h1-4,6-11,18H,5,12-13H2,(H,23,24). The van der Waals surface area contributed by atoms with Crippen LogP contribution in [0.5, 0.6) is 5.75 Å². The summed E-state index contributed by atoms with van der Waals surface area (Å²) in [5.41, 5.74) is 0.799. The predicted molar refractivity (Wildman–Crippen MR) is 91.3 cm³/mol. The third-order valence-electron chi connectivity index (χ3n) is 3.31. The Balaban J connectivity index is 1.76. The van der Waals surface area contributed by atoms with Gasteiger partial charge in [-0.25, -0.2) is 9.18 Å². The van der Waals surface area contributed by atoms with Crippen molar-refractivity contribution in [1.29, 1.82) is 0 Å². The van der Waals surface area contributed by atoms with Crippen LogP contribution in [0.4, 0.5) is 18.0 Å². The first-order valence-corrected chi connectivity index (χ1v) is 7.90. The van der Waals surface area contributed by atoms with Crippen molar-refractivity contribution >= 4 is 12.2 Å². The molecule has 0 heterocycles. The zero-order valence-electron chi connectivity index (χ0n) is 13.8. The highest BCUT2D eigenvalue weighted by atomic mass is 19.3. The molecule has 138 valence electrons. The molecule has 0 spiro atoms. The molecular weight excluding hydrogens is 347 g/mol. The number of hydrogen-bond acceptors (Lipinski definition) is 3. The van der Waals surface area contributed by atoms with Gasteiger partial charge in [0.1, 0.15) is 18.2 Å². The molecule has 0 saturated carbocycles. The van der Waals surface area contributed by atoms with Crippen molar-refractivity contribution in [2.45, 2.75) is 19.6 Å². The van der Waals surface area contributed by atoms with Gasteiger partial charge in [-0.3, -0.25) is 0 Å². The Morgan fingerprint density at radius 2 is 1.88 bits per heavy atom. The second-order valence-electron chi connectivity index (χ2n) is 5.21. The quantitative estimate of drug-likeness (QED) is 0.687. The predicted octanol–water partition coefficient (Wildman–Crippen LogP) is 4.76. The van der Waals surface area contributed by atoms with Gasteiger partial charge in [-0.05, 0) is 24.1 Å². The van der Waals surface area contributed by atoms with Gasteiger partial charge in [0.15, 0.2) is 0 Å². The lowest BCUT2D eigenvalue weighted by Gasteiger charge is -2.08. The number of alkyl halides is 2. The Morgan fingerprint density at radius 3 is 2.62 bits per heavy atom. The van der Waals surface area contributed by atoms with E-state index in [-0.39, 0.29) is 24.5 Å². The number of ether oxygens (including phenoxy) is 2. The largest absolute Gasteiger partial charge is 0.445 e. The fraction of sp³-hybridized carbons (Fsp3) is 0.211. The SMILES string of the molecule is O=C(NCCC=Cc1c(F)cccc1OC(F)F)OCc1ccccc1. The van der Waals surface area contributed by atoms with E-state index in [4.69, 9.17) is 4.74 Å². The van der Waals surface area contributed by atoms with Gasteiger partial charge in [0.2, 0.25) is 0 Å². The maximum atomic E-state index is 13.7. The van der Waals surface area contributed by atoms with E-state index in [0.29, 0.717) is 6.42 Å². The molecule has 0 unspecified atom stereocenters. The highest BCUT2D eigenvalue weighted by Gasteiger charge is 2.11. The summed E-state index contributed by atoms with van der Waals surface area (Å²) in [7, 11) is 0. The van der Waals surface area contributed by atoms with Gasteiger partial charge in [0, 0.05) is 6.54 Å². The van der Waals surface area contributed by atoms with Crippen molar-refractivity contribution in [2.75, 3.05) is 6.54 Å². The van der Waals surface area contributed by atoms with E-state index in [1.807, 2.05) is 30.3 Å². The van der Waals surface area contributed by atoms with E-state index in [1.54, 1.807) is 6.08 Å². The summed E-state index contributed by atoms with van der Waals surface area (Å²) < 4.78 is 47.7. The molecule has 2 rings (SSSR count). The van der Waals surface area contributed by atoms with Gasteiger partial charge >= 0.3 is 12.7 Å². The molecule has 0 bridgehead atoms. The van der Waals surface area contributed by atoms with Crippen LogP contribution in [0.1, 0.15) is 17.5 Å². The number of nitrogens with one attached hydrogen (secondary N) is 1. The first-order chi connectivity index (χ1) is 12.6. The summed E-state index contributed by atoms with van der Waals surface area (Å²) in [5, 5.41) is 2.54. The average molecular weight is 365 g/mol. The van der Waals surface area contributed by atoms with Gasteiger partial charge < -0.3 is 14.8 Å². The molecule has 2 aromatic carbocycles. The minimum Gasteiger partial charge on any atom is -0.445 e.